The monoisotopic (exact) mass is 561 g/mol. The third-order valence-corrected chi connectivity index (χ3v) is 8.49. The van der Waals surface area contributed by atoms with Crippen LogP contribution in [0.2, 0.25) is 0 Å². The summed E-state index contributed by atoms with van der Waals surface area (Å²) >= 11 is 4.86. The van der Waals surface area contributed by atoms with Gasteiger partial charge in [0.1, 0.15) is 11.4 Å². The van der Waals surface area contributed by atoms with Crippen molar-refractivity contribution < 1.29 is 19.1 Å². The Hall–Kier alpha value is -3.16. The van der Waals surface area contributed by atoms with Crippen molar-refractivity contribution in [3.8, 4) is 0 Å². The van der Waals surface area contributed by atoms with Crippen molar-refractivity contribution >= 4 is 45.4 Å². The molecule has 0 saturated carbocycles. The molecule has 0 aromatic heterocycles. The van der Waals surface area contributed by atoms with Gasteiger partial charge in [-0.25, -0.2) is 4.79 Å². The quantitative estimate of drug-likeness (QED) is 0.161. The van der Waals surface area contributed by atoms with Crippen LogP contribution < -0.4 is 0 Å². The third kappa shape index (κ3) is 4.53. The summed E-state index contributed by atoms with van der Waals surface area (Å²) in [5.41, 5.74) is 2.63. The minimum Gasteiger partial charge on any atom is -0.451 e. The summed E-state index contributed by atoms with van der Waals surface area (Å²) in [6, 6.07) is 25.4. The van der Waals surface area contributed by atoms with Gasteiger partial charge in [-0.3, -0.25) is 9.59 Å². The maximum Gasteiger partial charge on any atom is 0.331 e. The van der Waals surface area contributed by atoms with Crippen LogP contribution in [-0.4, -0.2) is 38.7 Å². The predicted molar refractivity (Wildman–Crippen MR) is 143 cm³/mol. The van der Waals surface area contributed by atoms with Crippen molar-refractivity contribution in [3.63, 3.8) is 0 Å². The first kappa shape index (κ1) is 24.5. The van der Waals surface area contributed by atoms with Gasteiger partial charge >= 0.3 is 5.97 Å². The Bertz CT molecular complexity index is 1300. The molecule has 0 bridgehead atoms. The van der Waals surface area contributed by atoms with Gasteiger partial charge in [0.2, 0.25) is 0 Å². The highest BCUT2D eigenvalue weighted by Gasteiger charge is 2.62. The van der Waals surface area contributed by atoms with Gasteiger partial charge in [-0.2, -0.15) is 0 Å². The van der Waals surface area contributed by atoms with Crippen LogP contribution in [0.25, 0.3) is 0 Å². The van der Waals surface area contributed by atoms with E-state index in [0.717, 1.165) is 15.6 Å². The molecule has 3 aromatic rings. The smallest absolute Gasteiger partial charge is 0.331 e. The number of ether oxygens (including phenoxy) is 1. The Labute approximate surface area is 222 Å². The fraction of sp³-hybridized carbons (Fsp3) is 0.207. The largest absolute Gasteiger partial charge is 0.451 e. The number of nitrogens with zero attached hydrogens (tertiary/aromatic N) is 1. The topological polar surface area (TPSA) is 63.7 Å². The number of thioether (sulfide) groups is 1. The molecule has 2 aliphatic heterocycles. The van der Waals surface area contributed by atoms with Gasteiger partial charge in [0.15, 0.2) is 11.9 Å². The lowest BCUT2D eigenvalue weighted by atomic mass is 9.94. The van der Waals surface area contributed by atoms with Gasteiger partial charge in [-0.1, -0.05) is 76.6 Å². The first-order valence-electron chi connectivity index (χ1n) is 11.6. The number of rotatable bonds is 6. The molecule has 2 fully saturated rings. The summed E-state index contributed by atoms with van der Waals surface area (Å²) in [7, 11) is 0. The predicted octanol–water partition coefficient (Wildman–Crippen LogP) is 5.95. The molecule has 0 unspecified atom stereocenters. The second-order valence-electron chi connectivity index (χ2n) is 9.30. The molecule has 2 aliphatic rings. The number of hydrogen-bond acceptors (Lipinski definition) is 5. The van der Waals surface area contributed by atoms with Crippen LogP contribution in [0, 0.1) is 0 Å². The minimum absolute atomic E-state index is 0.233. The fourth-order valence-corrected chi connectivity index (χ4v) is 6.44. The van der Waals surface area contributed by atoms with Crippen molar-refractivity contribution in [2.45, 2.75) is 36.1 Å². The third-order valence-electron chi connectivity index (χ3n) is 6.43. The highest BCUT2D eigenvalue weighted by atomic mass is 79.9. The molecular formula is C29H24BrNO4S. The second kappa shape index (κ2) is 9.71. The number of hydrogen-bond donors (Lipinski definition) is 0. The van der Waals surface area contributed by atoms with E-state index in [1.807, 2.05) is 74.5 Å². The lowest BCUT2D eigenvalue weighted by molar-refractivity contribution is -0.160. The summed E-state index contributed by atoms with van der Waals surface area (Å²) in [5.74, 6) is -0.996. The van der Waals surface area contributed by atoms with Crippen molar-refractivity contribution in [3.05, 3.63) is 118 Å². The number of carbonyl (C=O) groups is 3. The van der Waals surface area contributed by atoms with Crippen molar-refractivity contribution in [2.75, 3.05) is 0 Å². The Morgan fingerprint density at radius 1 is 0.944 bits per heavy atom. The maximum absolute atomic E-state index is 13.6. The Morgan fingerprint density at radius 3 is 2.06 bits per heavy atom. The molecule has 2 atom stereocenters. The average Bonchev–Trinajstić information content (AvgIpc) is 3.14. The van der Waals surface area contributed by atoms with Gasteiger partial charge < -0.3 is 9.64 Å². The second-order valence-corrected chi connectivity index (χ2v) is 11.9. The van der Waals surface area contributed by atoms with E-state index in [2.05, 4.69) is 15.9 Å². The summed E-state index contributed by atoms with van der Waals surface area (Å²) in [6.45, 7) is 3.87. The van der Waals surface area contributed by atoms with E-state index in [0.29, 0.717) is 11.1 Å². The van der Waals surface area contributed by atoms with E-state index in [-0.39, 0.29) is 17.1 Å². The Kier molecular flexibility index (Phi) is 6.62. The van der Waals surface area contributed by atoms with Crippen molar-refractivity contribution in [2.24, 2.45) is 0 Å². The summed E-state index contributed by atoms with van der Waals surface area (Å²) in [4.78, 5) is 41.1. The van der Waals surface area contributed by atoms with Gasteiger partial charge in [-0.15, -0.1) is 11.8 Å². The molecule has 2 heterocycles. The highest BCUT2D eigenvalue weighted by Crippen LogP contribution is 2.53. The standard InChI is InChI=1S/C29H24BrNO4S/c1-29(2)25(28(34)35-24(19-9-5-3-6-10-19)20-11-7-4-8-12-20)31-26(33)22(27(31)36-29)17-23(32)18-13-15-21(30)16-14-18/h3-17,24-25,27H,1-2H3/b22-17-/t25-,27+/m0/s1. The van der Waals surface area contributed by atoms with Crippen LogP contribution in [0.3, 0.4) is 0 Å². The van der Waals surface area contributed by atoms with Crippen molar-refractivity contribution in [1.29, 1.82) is 0 Å². The van der Waals surface area contributed by atoms with E-state index in [9.17, 15) is 14.4 Å². The molecule has 1 amide bonds. The van der Waals surface area contributed by atoms with Crippen LogP contribution in [0.15, 0.2) is 101 Å². The van der Waals surface area contributed by atoms with Crippen LogP contribution in [-0.2, 0) is 14.3 Å². The number of allylic oxidation sites excluding steroid dienone is 1. The SMILES string of the molecule is CC1(C)S[C@@H]2/C(=C\C(=O)c3ccc(Br)cc3)C(=O)N2[C@H]1C(=O)OC(c1ccccc1)c1ccccc1. The zero-order valence-electron chi connectivity index (χ0n) is 19.8. The molecule has 3 aromatic carbocycles. The molecule has 2 saturated heterocycles. The van der Waals surface area contributed by atoms with E-state index in [1.54, 1.807) is 29.2 Å². The molecule has 0 N–H and O–H groups in total. The van der Waals surface area contributed by atoms with E-state index >= 15 is 0 Å². The number of halogens is 1. The number of ketones is 1. The van der Waals surface area contributed by atoms with Crippen LogP contribution in [0.4, 0.5) is 0 Å². The van der Waals surface area contributed by atoms with Gasteiger partial charge in [-0.05, 0) is 55.3 Å². The number of amides is 1. The highest BCUT2D eigenvalue weighted by molar-refractivity contribution is 9.10. The normalized spacial score (nSPS) is 21.3. The number of β-lactam (4-membered cyclic amide) rings is 1. The molecule has 7 heteroatoms. The number of esters is 1. The average molecular weight is 562 g/mol. The summed E-state index contributed by atoms with van der Waals surface area (Å²) in [6.07, 6.45) is 0.811. The maximum atomic E-state index is 13.6. The molecule has 0 radical (unpaired) electrons. The van der Waals surface area contributed by atoms with E-state index in [1.165, 1.54) is 17.8 Å². The molecule has 5 nitrogen and oxygen atoms in total. The van der Waals surface area contributed by atoms with Crippen LogP contribution >= 0.6 is 27.7 Å². The number of carbonyl (C=O) groups excluding carboxylic acids is 3. The lowest BCUT2D eigenvalue weighted by Crippen LogP contribution is -2.59. The van der Waals surface area contributed by atoms with E-state index < -0.39 is 22.9 Å². The number of fused-ring (bicyclic) bond motifs is 1. The van der Waals surface area contributed by atoms with Gasteiger partial charge in [0.25, 0.3) is 5.91 Å². The number of benzene rings is 3. The van der Waals surface area contributed by atoms with Crippen LogP contribution in [0.5, 0.6) is 0 Å². The molecular weight excluding hydrogens is 538 g/mol. The van der Waals surface area contributed by atoms with Crippen LogP contribution in [0.1, 0.15) is 41.4 Å². The first-order valence-corrected chi connectivity index (χ1v) is 13.3. The van der Waals surface area contributed by atoms with E-state index in [4.69, 9.17) is 4.74 Å². The lowest BCUT2D eigenvalue weighted by Gasteiger charge is -2.39. The Balaban J connectivity index is 1.39. The van der Waals surface area contributed by atoms with Crippen molar-refractivity contribution in [1.82, 2.24) is 4.90 Å². The molecule has 182 valence electrons. The summed E-state index contributed by atoms with van der Waals surface area (Å²) < 4.78 is 6.38. The summed E-state index contributed by atoms with van der Waals surface area (Å²) in [5, 5.41) is -0.364. The zero-order chi connectivity index (χ0) is 25.4. The first-order chi connectivity index (χ1) is 17.3. The molecule has 36 heavy (non-hydrogen) atoms. The molecule has 5 rings (SSSR count). The minimum atomic E-state index is -0.769. The zero-order valence-corrected chi connectivity index (χ0v) is 22.2. The fourth-order valence-electron chi connectivity index (χ4n) is 4.64. The van der Waals surface area contributed by atoms with Gasteiger partial charge in [0, 0.05) is 14.8 Å². The Morgan fingerprint density at radius 2 is 1.50 bits per heavy atom. The molecule has 0 aliphatic carbocycles. The van der Waals surface area contributed by atoms with Gasteiger partial charge in [0.05, 0.1) is 5.57 Å². The molecule has 0 spiro atoms.